The third-order valence-corrected chi connectivity index (χ3v) is 5.73. The fourth-order valence-corrected chi connectivity index (χ4v) is 4.57. The van der Waals surface area contributed by atoms with E-state index in [0.717, 1.165) is 41.8 Å². The lowest BCUT2D eigenvalue weighted by Gasteiger charge is -2.37. The van der Waals surface area contributed by atoms with Gasteiger partial charge in [0, 0.05) is 23.1 Å². The third kappa shape index (κ3) is 3.23. The van der Waals surface area contributed by atoms with E-state index in [1.807, 2.05) is 30.0 Å². The van der Waals surface area contributed by atoms with E-state index in [0.29, 0.717) is 5.02 Å². The molecule has 2 heterocycles. The summed E-state index contributed by atoms with van der Waals surface area (Å²) in [7, 11) is 0. The van der Waals surface area contributed by atoms with Gasteiger partial charge in [-0.15, -0.1) is 0 Å². The van der Waals surface area contributed by atoms with Crippen LogP contribution in [-0.4, -0.2) is 29.8 Å². The Hall–Kier alpha value is 0.1000. The van der Waals surface area contributed by atoms with Gasteiger partial charge < -0.3 is 9.47 Å². The molecule has 1 spiro atoms. The molecule has 0 aliphatic carbocycles. The lowest BCUT2D eigenvalue weighted by atomic mass is 9.91. The lowest BCUT2D eigenvalue weighted by Crippen LogP contribution is -2.43. The van der Waals surface area contributed by atoms with Crippen molar-refractivity contribution in [1.82, 2.24) is 0 Å². The van der Waals surface area contributed by atoms with Crippen molar-refractivity contribution in [2.45, 2.75) is 31.0 Å². The predicted molar refractivity (Wildman–Crippen MR) is 83.4 cm³/mol. The Kier molecular flexibility index (Phi) is 4.32. The highest BCUT2D eigenvalue weighted by Crippen LogP contribution is 2.40. The highest BCUT2D eigenvalue weighted by molar-refractivity contribution is 9.10. The van der Waals surface area contributed by atoms with Gasteiger partial charge in [-0.25, -0.2) is 0 Å². The average molecular weight is 364 g/mol. The average Bonchev–Trinajstić information content (AvgIpc) is 2.82. The minimum absolute atomic E-state index is 0.0477. The van der Waals surface area contributed by atoms with Crippen molar-refractivity contribution < 1.29 is 9.47 Å². The normalized spacial score (nSPS) is 30.7. The number of thioether (sulfide) groups is 1. The molecule has 2 fully saturated rings. The first kappa shape index (κ1) is 14.1. The maximum atomic E-state index is 6.19. The summed E-state index contributed by atoms with van der Waals surface area (Å²) in [6.07, 6.45) is 3.27. The van der Waals surface area contributed by atoms with Gasteiger partial charge in [-0.1, -0.05) is 27.5 Å². The number of rotatable bonds is 2. The lowest BCUT2D eigenvalue weighted by molar-refractivity contribution is -0.0958. The number of hydrogen-bond donors (Lipinski definition) is 0. The van der Waals surface area contributed by atoms with Crippen molar-refractivity contribution in [3.05, 3.63) is 27.7 Å². The molecule has 0 radical (unpaired) electrons. The molecule has 5 heteroatoms. The minimum Gasteiger partial charge on any atom is -0.489 e. The van der Waals surface area contributed by atoms with E-state index in [1.54, 1.807) is 0 Å². The molecule has 0 saturated carbocycles. The van der Waals surface area contributed by atoms with Gasteiger partial charge in [-0.05, 0) is 30.4 Å². The first-order valence-electron chi connectivity index (χ1n) is 6.50. The summed E-state index contributed by atoms with van der Waals surface area (Å²) in [5.41, 5.74) is 0.0477. The Labute approximate surface area is 131 Å². The highest BCUT2D eigenvalue weighted by Gasteiger charge is 2.41. The molecule has 0 aromatic heterocycles. The van der Waals surface area contributed by atoms with Crippen molar-refractivity contribution in [3.8, 4) is 5.75 Å². The van der Waals surface area contributed by atoms with Gasteiger partial charge >= 0.3 is 0 Å². The number of ether oxygens (including phenoxy) is 2. The second kappa shape index (κ2) is 5.84. The van der Waals surface area contributed by atoms with Crippen molar-refractivity contribution in [2.75, 3.05) is 18.1 Å². The van der Waals surface area contributed by atoms with Gasteiger partial charge in [-0.2, -0.15) is 11.8 Å². The molecule has 1 aromatic carbocycles. The van der Waals surface area contributed by atoms with Crippen molar-refractivity contribution >= 4 is 39.3 Å². The number of benzene rings is 1. The van der Waals surface area contributed by atoms with E-state index in [4.69, 9.17) is 21.1 Å². The van der Waals surface area contributed by atoms with Crippen LogP contribution in [0.4, 0.5) is 0 Å². The molecular weight excluding hydrogens is 348 g/mol. The number of hydrogen-bond acceptors (Lipinski definition) is 3. The molecule has 0 N–H and O–H groups in total. The van der Waals surface area contributed by atoms with Crippen LogP contribution in [0.25, 0.3) is 0 Å². The van der Waals surface area contributed by atoms with E-state index in [2.05, 4.69) is 15.9 Å². The molecule has 2 nitrogen and oxygen atoms in total. The smallest absolute Gasteiger partial charge is 0.139 e. The Balaban J connectivity index is 1.70. The summed E-state index contributed by atoms with van der Waals surface area (Å²) in [5, 5.41) is 0.671. The summed E-state index contributed by atoms with van der Waals surface area (Å²) in [5.74, 6) is 3.06. The SMILES string of the molecule is Clc1ccc(Br)cc1OC1CCOC2(CCSC2)C1. The van der Waals surface area contributed by atoms with Gasteiger partial charge in [-0.3, -0.25) is 0 Å². The molecule has 1 aromatic rings. The summed E-state index contributed by atoms with van der Waals surface area (Å²) in [6, 6.07) is 5.73. The Morgan fingerprint density at radius 1 is 1.47 bits per heavy atom. The van der Waals surface area contributed by atoms with Crippen LogP contribution in [0.2, 0.25) is 5.02 Å². The Morgan fingerprint density at radius 2 is 2.37 bits per heavy atom. The largest absolute Gasteiger partial charge is 0.489 e. The molecule has 2 aliphatic heterocycles. The van der Waals surface area contributed by atoms with E-state index in [1.165, 1.54) is 5.75 Å². The van der Waals surface area contributed by atoms with E-state index in [9.17, 15) is 0 Å². The zero-order chi connectivity index (χ0) is 13.3. The fourth-order valence-electron chi connectivity index (χ4n) is 2.69. The summed E-state index contributed by atoms with van der Waals surface area (Å²) < 4.78 is 13.1. The van der Waals surface area contributed by atoms with Crippen molar-refractivity contribution in [3.63, 3.8) is 0 Å². The number of halogens is 2. The standard InChI is InChI=1S/C14H16BrClO2S/c15-10-1-2-12(16)13(7-10)18-11-3-5-17-14(8-11)4-6-19-9-14/h1-2,7,11H,3-6,8-9H2. The highest BCUT2D eigenvalue weighted by atomic mass is 79.9. The van der Waals surface area contributed by atoms with Crippen LogP contribution in [0.3, 0.4) is 0 Å². The predicted octanol–water partition coefficient (Wildman–Crippen LogP) is 4.54. The van der Waals surface area contributed by atoms with Gasteiger partial charge in [0.2, 0.25) is 0 Å². The van der Waals surface area contributed by atoms with Crippen LogP contribution in [0.1, 0.15) is 19.3 Å². The molecule has 2 atom stereocenters. The molecule has 2 saturated heterocycles. The maximum absolute atomic E-state index is 6.19. The van der Waals surface area contributed by atoms with E-state index >= 15 is 0 Å². The summed E-state index contributed by atoms with van der Waals surface area (Å²) in [6.45, 7) is 0.789. The van der Waals surface area contributed by atoms with Crippen LogP contribution in [0.5, 0.6) is 5.75 Å². The zero-order valence-electron chi connectivity index (χ0n) is 10.5. The molecule has 2 unspecified atom stereocenters. The van der Waals surface area contributed by atoms with Crippen molar-refractivity contribution in [2.24, 2.45) is 0 Å². The zero-order valence-corrected chi connectivity index (χ0v) is 13.7. The molecule has 19 heavy (non-hydrogen) atoms. The minimum atomic E-state index is 0.0477. The van der Waals surface area contributed by atoms with E-state index < -0.39 is 0 Å². The van der Waals surface area contributed by atoms with Gasteiger partial charge in [0.15, 0.2) is 0 Å². The fraction of sp³-hybridized carbons (Fsp3) is 0.571. The Morgan fingerprint density at radius 3 is 3.16 bits per heavy atom. The first-order chi connectivity index (χ1) is 9.17. The summed E-state index contributed by atoms with van der Waals surface area (Å²) in [4.78, 5) is 0. The van der Waals surface area contributed by atoms with Crippen LogP contribution < -0.4 is 4.74 Å². The first-order valence-corrected chi connectivity index (χ1v) is 8.83. The molecule has 3 rings (SSSR count). The quantitative estimate of drug-likeness (QED) is 0.769. The topological polar surface area (TPSA) is 18.5 Å². The van der Waals surface area contributed by atoms with Gasteiger partial charge in [0.25, 0.3) is 0 Å². The summed E-state index contributed by atoms with van der Waals surface area (Å²) >= 11 is 11.6. The van der Waals surface area contributed by atoms with Crippen LogP contribution in [-0.2, 0) is 4.74 Å². The second-order valence-corrected chi connectivity index (χ2v) is 7.57. The van der Waals surface area contributed by atoms with Crippen LogP contribution in [0, 0.1) is 0 Å². The van der Waals surface area contributed by atoms with Gasteiger partial charge in [0.1, 0.15) is 11.9 Å². The molecule has 2 aliphatic rings. The monoisotopic (exact) mass is 362 g/mol. The van der Waals surface area contributed by atoms with Crippen LogP contribution >= 0.6 is 39.3 Å². The second-order valence-electron chi connectivity index (χ2n) is 5.14. The van der Waals surface area contributed by atoms with Gasteiger partial charge in [0.05, 0.1) is 17.2 Å². The van der Waals surface area contributed by atoms with Crippen molar-refractivity contribution in [1.29, 1.82) is 0 Å². The molecular formula is C14H16BrClO2S. The maximum Gasteiger partial charge on any atom is 0.139 e. The third-order valence-electron chi connectivity index (χ3n) is 3.70. The van der Waals surface area contributed by atoms with E-state index in [-0.39, 0.29) is 11.7 Å². The van der Waals surface area contributed by atoms with Crippen LogP contribution in [0.15, 0.2) is 22.7 Å². The molecule has 0 bridgehead atoms. The molecule has 104 valence electrons. The molecule has 0 amide bonds. The Bertz CT molecular complexity index is 463.